The summed E-state index contributed by atoms with van der Waals surface area (Å²) in [5, 5.41) is 1.16. The number of benzene rings is 5. The molecule has 0 saturated heterocycles. The Morgan fingerprint density at radius 1 is 0.465 bits per heavy atom. The predicted octanol–water partition coefficient (Wildman–Crippen LogP) is 9.36. The number of hydrogen-bond acceptors (Lipinski definition) is 6. The van der Waals surface area contributed by atoms with Crippen LogP contribution >= 0.6 is 11.3 Å². The van der Waals surface area contributed by atoms with Crippen molar-refractivity contribution in [1.29, 1.82) is 0 Å². The molecule has 6 heteroatoms. The minimum atomic E-state index is 0.641. The molecule has 0 spiro atoms. The lowest BCUT2D eigenvalue weighted by Gasteiger charge is -2.10. The second-order valence-electron chi connectivity index (χ2n) is 10.2. The van der Waals surface area contributed by atoms with Gasteiger partial charge in [0.1, 0.15) is 6.33 Å². The SMILES string of the molecule is c1ccc(-c2nc(-c3ccccc3)nc(-c3cccc(-c4cccc(-c5cccc6c5sc5cncnc56)c4)c3)n2)cc1. The van der Waals surface area contributed by atoms with Gasteiger partial charge in [-0.2, -0.15) is 0 Å². The highest BCUT2D eigenvalue weighted by molar-refractivity contribution is 7.26. The lowest BCUT2D eigenvalue weighted by Crippen LogP contribution is -2.00. The first-order chi connectivity index (χ1) is 21.3. The van der Waals surface area contributed by atoms with Gasteiger partial charge in [-0.1, -0.05) is 115 Å². The van der Waals surface area contributed by atoms with E-state index in [1.54, 1.807) is 17.7 Å². The molecule has 0 bridgehead atoms. The molecule has 0 fully saturated rings. The fourth-order valence-electron chi connectivity index (χ4n) is 5.41. The first kappa shape index (κ1) is 25.1. The summed E-state index contributed by atoms with van der Waals surface area (Å²) < 4.78 is 2.31. The highest BCUT2D eigenvalue weighted by Gasteiger charge is 2.14. The van der Waals surface area contributed by atoms with Gasteiger partial charge in [-0.05, 0) is 34.4 Å². The van der Waals surface area contributed by atoms with E-state index in [-0.39, 0.29) is 0 Å². The third kappa shape index (κ3) is 4.74. The van der Waals surface area contributed by atoms with Crippen LogP contribution < -0.4 is 0 Å². The Morgan fingerprint density at radius 3 is 1.67 bits per heavy atom. The van der Waals surface area contributed by atoms with Gasteiger partial charge in [0.05, 0.1) is 10.2 Å². The Hall–Kier alpha value is -5.59. The molecule has 0 aliphatic heterocycles. The van der Waals surface area contributed by atoms with Crippen molar-refractivity contribution in [3.63, 3.8) is 0 Å². The maximum Gasteiger partial charge on any atom is 0.164 e. The zero-order chi connectivity index (χ0) is 28.6. The number of hydrogen-bond donors (Lipinski definition) is 0. The Kier molecular flexibility index (Phi) is 6.24. The fraction of sp³-hybridized carbons (Fsp3) is 0. The molecule has 43 heavy (non-hydrogen) atoms. The van der Waals surface area contributed by atoms with Crippen molar-refractivity contribution in [1.82, 2.24) is 24.9 Å². The van der Waals surface area contributed by atoms with Gasteiger partial charge >= 0.3 is 0 Å². The van der Waals surface area contributed by atoms with Crippen molar-refractivity contribution in [2.45, 2.75) is 0 Å². The van der Waals surface area contributed by atoms with Crippen LogP contribution in [0.15, 0.2) is 140 Å². The van der Waals surface area contributed by atoms with Gasteiger partial charge < -0.3 is 0 Å². The van der Waals surface area contributed by atoms with Crippen LogP contribution in [0, 0.1) is 0 Å². The standard InChI is InChI=1S/C37H23N5S/c1-3-10-24(11-4-1)35-40-36(25-12-5-2-6-13-25)42-37(41-35)29-17-8-15-27(21-29)26-14-7-16-28(20-26)30-18-9-19-31-33-32(43-34(30)31)22-38-23-39-33/h1-23H. The molecule has 0 N–H and O–H groups in total. The topological polar surface area (TPSA) is 64.5 Å². The van der Waals surface area contributed by atoms with Crippen LogP contribution in [0.2, 0.25) is 0 Å². The molecular weight excluding hydrogens is 547 g/mol. The summed E-state index contributed by atoms with van der Waals surface area (Å²) in [5.74, 6) is 1.94. The molecule has 3 heterocycles. The van der Waals surface area contributed by atoms with Crippen molar-refractivity contribution in [3.05, 3.63) is 140 Å². The molecule has 0 radical (unpaired) electrons. The quantitative estimate of drug-likeness (QED) is 0.207. The Bertz CT molecular complexity index is 2190. The van der Waals surface area contributed by atoms with E-state index < -0.39 is 0 Å². The molecule has 8 aromatic rings. The van der Waals surface area contributed by atoms with E-state index in [0.29, 0.717) is 17.5 Å². The maximum atomic E-state index is 4.92. The first-order valence-corrected chi connectivity index (χ1v) is 14.8. The summed E-state index contributed by atoms with van der Waals surface area (Å²) in [5.41, 5.74) is 8.41. The monoisotopic (exact) mass is 569 g/mol. The minimum absolute atomic E-state index is 0.641. The maximum absolute atomic E-state index is 4.92. The van der Waals surface area contributed by atoms with Crippen LogP contribution in [-0.2, 0) is 0 Å². The normalized spacial score (nSPS) is 11.3. The summed E-state index contributed by atoms with van der Waals surface area (Å²) in [4.78, 5) is 23.5. The molecule has 0 aliphatic rings. The summed E-state index contributed by atoms with van der Waals surface area (Å²) >= 11 is 1.74. The van der Waals surface area contributed by atoms with Gasteiger partial charge in [-0.25, -0.2) is 24.9 Å². The van der Waals surface area contributed by atoms with E-state index in [1.807, 2.05) is 66.9 Å². The van der Waals surface area contributed by atoms with Crippen molar-refractivity contribution in [3.8, 4) is 56.4 Å². The van der Waals surface area contributed by atoms with Crippen molar-refractivity contribution < 1.29 is 0 Å². The summed E-state index contributed by atoms with van der Waals surface area (Å²) in [6, 6.07) is 43.6. The number of thiophene rings is 1. The van der Waals surface area contributed by atoms with E-state index in [0.717, 1.165) is 49.0 Å². The molecular formula is C37H23N5S. The Morgan fingerprint density at radius 2 is 1.00 bits per heavy atom. The molecule has 5 nitrogen and oxygen atoms in total. The molecule has 8 rings (SSSR count). The smallest absolute Gasteiger partial charge is 0.164 e. The molecule has 0 unspecified atom stereocenters. The molecule has 0 aliphatic carbocycles. The average Bonchev–Trinajstić information content (AvgIpc) is 3.48. The first-order valence-electron chi connectivity index (χ1n) is 14.0. The van der Waals surface area contributed by atoms with E-state index in [2.05, 4.69) is 76.7 Å². The summed E-state index contributed by atoms with van der Waals surface area (Å²) in [7, 11) is 0. The third-order valence-electron chi connectivity index (χ3n) is 7.49. The molecule has 0 atom stereocenters. The van der Waals surface area contributed by atoms with E-state index in [4.69, 9.17) is 15.0 Å². The van der Waals surface area contributed by atoms with Crippen LogP contribution in [0.5, 0.6) is 0 Å². The van der Waals surface area contributed by atoms with Crippen LogP contribution in [0.25, 0.3) is 76.7 Å². The Labute approximate surface area is 252 Å². The lowest BCUT2D eigenvalue weighted by atomic mass is 9.97. The molecule has 0 saturated carbocycles. The lowest BCUT2D eigenvalue weighted by molar-refractivity contribution is 1.07. The van der Waals surface area contributed by atoms with Gasteiger partial charge in [0.25, 0.3) is 0 Å². The van der Waals surface area contributed by atoms with E-state index in [1.165, 1.54) is 10.3 Å². The number of rotatable bonds is 5. The number of nitrogens with zero attached hydrogens (tertiary/aromatic N) is 5. The van der Waals surface area contributed by atoms with E-state index >= 15 is 0 Å². The van der Waals surface area contributed by atoms with Crippen LogP contribution in [-0.4, -0.2) is 24.9 Å². The number of fused-ring (bicyclic) bond motifs is 3. The highest BCUT2D eigenvalue weighted by atomic mass is 32.1. The van der Waals surface area contributed by atoms with Crippen molar-refractivity contribution in [2.24, 2.45) is 0 Å². The molecule has 0 amide bonds. The van der Waals surface area contributed by atoms with Crippen LogP contribution in [0.1, 0.15) is 0 Å². The second kappa shape index (κ2) is 10.7. The fourth-order valence-corrected chi connectivity index (χ4v) is 6.57. The van der Waals surface area contributed by atoms with Gasteiger partial charge in [0.15, 0.2) is 17.5 Å². The van der Waals surface area contributed by atoms with Gasteiger partial charge in [0, 0.05) is 33.0 Å². The van der Waals surface area contributed by atoms with Crippen LogP contribution in [0.4, 0.5) is 0 Å². The van der Waals surface area contributed by atoms with E-state index in [9.17, 15) is 0 Å². The zero-order valence-electron chi connectivity index (χ0n) is 22.9. The number of aromatic nitrogens is 5. The third-order valence-corrected chi connectivity index (χ3v) is 8.65. The van der Waals surface area contributed by atoms with Crippen LogP contribution in [0.3, 0.4) is 0 Å². The van der Waals surface area contributed by atoms with Gasteiger partial charge in [-0.3, -0.25) is 0 Å². The Balaban J connectivity index is 1.22. The minimum Gasteiger partial charge on any atom is -0.243 e. The summed E-state index contributed by atoms with van der Waals surface area (Å²) in [6.07, 6.45) is 3.51. The largest absolute Gasteiger partial charge is 0.243 e. The second-order valence-corrected chi connectivity index (χ2v) is 11.3. The van der Waals surface area contributed by atoms with Crippen molar-refractivity contribution in [2.75, 3.05) is 0 Å². The van der Waals surface area contributed by atoms with Gasteiger partial charge in [0.2, 0.25) is 0 Å². The highest BCUT2D eigenvalue weighted by Crippen LogP contribution is 2.39. The zero-order valence-corrected chi connectivity index (χ0v) is 23.7. The molecule has 5 aromatic carbocycles. The molecule has 3 aromatic heterocycles. The average molecular weight is 570 g/mol. The summed E-state index contributed by atoms with van der Waals surface area (Å²) in [6.45, 7) is 0. The van der Waals surface area contributed by atoms with Gasteiger partial charge in [-0.15, -0.1) is 11.3 Å². The predicted molar refractivity (Wildman–Crippen MR) is 175 cm³/mol. The van der Waals surface area contributed by atoms with Crippen molar-refractivity contribution >= 4 is 31.6 Å². The molecule has 202 valence electrons.